The predicted octanol–water partition coefficient (Wildman–Crippen LogP) is 3.47. The summed E-state index contributed by atoms with van der Waals surface area (Å²) < 4.78 is 5.22. The average Bonchev–Trinajstić information content (AvgIpc) is 2.17. The molecule has 0 unspecified atom stereocenters. The summed E-state index contributed by atoms with van der Waals surface area (Å²) in [6.45, 7) is 6.32. The molecule has 0 aromatic heterocycles. The quantitative estimate of drug-likeness (QED) is 0.627. The number of methoxy groups -OCH3 is 1. The first-order valence-electron chi connectivity index (χ1n) is 4.99. The third kappa shape index (κ3) is 3.13. The van der Waals surface area contributed by atoms with Crippen LogP contribution in [-0.2, 0) is 0 Å². The molecule has 0 aliphatic heterocycles. The maximum Gasteiger partial charge on any atom is 0.126 e. The fourth-order valence-electron chi connectivity index (χ4n) is 1.15. The molecular formula is C12H18O2Si. The molecule has 0 atom stereocenters. The van der Waals surface area contributed by atoms with Gasteiger partial charge in [-0.2, -0.15) is 0 Å². The van der Waals surface area contributed by atoms with Crippen LogP contribution in [0.1, 0.15) is 5.56 Å². The van der Waals surface area contributed by atoms with Crippen LogP contribution in [-0.4, -0.2) is 20.3 Å². The van der Waals surface area contributed by atoms with Crippen LogP contribution in [0.25, 0.3) is 6.08 Å². The summed E-state index contributed by atoms with van der Waals surface area (Å²) in [5.41, 5.74) is 0.930. The van der Waals surface area contributed by atoms with E-state index in [1.54, 1.807) is 7.11 Å². The zero-order valence-corrected chi connectivity index (χ0v) is 10.7. The monoisotopic (exact) mass is 222 g/mol. The summed E-state index contributed by atoms with van der Waals surface area (Å²) >= 11 is 0. The Morgan fingerprint density at radius 1 is 1.27 bits per heavy atom. The van der Waals surface area contributed by atoms with Crippen molar-refractivity contribution in [2.75, 3.05) is 7.11 Å². The van der Waals surface area contributed by atoms with E-state index in [0.717, 1.165) is 11.3 Å². The van der Waals surface area contributed by atoms with E-state index in [9.17, 15) is 5.11 Å². The Hall–Kier alpha value is -1.22. The van der Waals surface area contributed by atoms with Gasteiger partial charge in [0.1, 0.15) is 13.8 Å². The molecule has 0 saturated heterocycles. The van der Waals surface area contributed by atoms with Crippen molar-refractivity contribution in [1.82, 2.24) is 0 Å². The molecule has 2 nitrogen and oxygen atoms in total. The Balaban J connectivity index is 3.08. The second kappa shape index (κ2) is 4.53. The first-order chi connectivity index (χ1) is 6.95. The van der Waals surface area contributed by atoms with E-state index in [4.69, 9.17) is 4.74 Å². The van der Waals surface area contributed by atoms with E-state index >= 15 is 0 Å². The number of hydrogen-bond donors (Lipinski definition) is 1. The lowest BCUT2D eigenvalue weighted by atomic mass is 10.2. The summed E-state index contributed by atoms with van der Waals surface area (Å²) in [6, 6.07) is 7.69. The van der Waals surface area contributed by atoms with E-state index in [-0.39, 0.29) is 0 Å². The van der Waals surface area contributed by atoms with Gasteiger partial charge in [0, 0.05) is 5.56 Å². The molecule has 0 saturated carbocycles. The van der Waals surface area contributed by atoms with Gasteiger partial charge in [-0.15, -0.1) is 0 Å². The largest absolute Gasteiger partial charge is 0.517 e. The lowest BCUT2D eigenvalue weighted by Gasteiger charge is -2.15. The smallest absolute Gasteiger partial charge is 0.126 e. The Labute approximate surface area is 92.2 Å². The van der Waals surface area contributed by atoms with Crippen molar-refractivity contribution in [3.05, 3.63) is 35.2 Å². The minimum absolute atomic E-state index is 0.493. The number of benzene rings is 1. The van der Waals surface area contributed by atoms with Crippen LogP contribution >= 0.6 is 0 Å². The van der Waals surface area contributed by atoms with Crippen molar-refractivity contribution < 1.29 is 9.84 Å². The Morgan fingerprint density at radius 2 is 1.87 bits per heavy atom. The fraction of sp³-hybridized carbons (Fsp3) is 0.333. The van der Waals surface area contributed by atoms with Gasteiger partial charge in [-0.25, -0.2) is 0 Å². The highest BCUT2D eigenvalue weighted by Crippen LogP contribution is 2.22. The second-order valence-electron chi connectivity index (χ2n) is 4.52. The number of aliphatic hydroxyl groups excluding tert-OH is 1. The summed E-state index contributed by atoms with van der Waals surface area (Å²) in [7, 11) is 0.0192. The zero-order chi connectivity index (χ0) is 11.5. The minimum atomic E-state index is -1.62. The number of hydrogen-bond acceptors (Lipinski definition) is 2. The first kappa shape index (κ1) is 11.8. The molecule has 15 heavy (non-hydrogen) atoms. The van der Waals surface area contributed by atoms with E-state index in [1.807, 2.05) is 30.3 Å². The molecule has 0 fully saturated rings. The van der Waals surface area contributed by atoms with Crippen LogP contribution in [0.4, 0.5) is 0 Å². The standard InChI is InChI=1S/C12H18O2Si/c1-14-11-8-6-5-7-10(11)9-12(13)15(2,3)4/h5-9,13H,1-4H3/b12-9-. The van der Waals surface area contributed by atoms with Gasteiger partial charge in [0.15, 0.2) is 0 Å². The van der Waals surface area contributed by atoms with Crippen molar-refractivity contribution in [1.29, 1.82) is 0 Å². The minimum Gasteiger partial charge on any atom is -0.517 e. The third-order valence-corrected chi connectivity index (χ3v) is 3.88. The Bertz CT molecular complexity index is 364. The molecule has 0 heterocycles. The lowest BCUT2D eigenvalue weighted by molar-refractivity contribution is 0.413. The van der Waals surface area contributed by atoms with E-state index in [2.05, 4.69) is 19.6 Å². The Morgan fingerprint density at radius 3 is 2.40 bits per heavy atom. The summed E-state index contributed by atoms with van der Waals surface area (Å²) in [4.78, 5) is 0. The highest BCUT2D eigenvalue weighted by Gasteiger charge is 2.19. The summed E-state index contributed by atoms with van der Waals surface area (Å²) in [6.07, 6.45) is 1.81. The van der Waals surface area contributed by atoms with Gasteiger partial charge in [-0.3, -0.25) is 0 Å². The molecule has 0 aliphatic carbocycles. The van der Waals surface area contributed by atoms with Crippen LogP contribution in [0, 0.1) is 0 Å². The van der Waals surface area contributed by atoms with Gasteiger partial charge in [-0.05, 0) is 12.1 Å². The van der Waals surface area contributed by atoms with Crippen LogP contribution in [0.15, 0.2) is 29.6 Å². The van der Waals surface area contributed by atoms with Crippen molar-refractivity contribution in [2.24, 2.45) is 0 Å². The number of para-hydroxylation sites is 1. The van der Waals surface area contributed by atoms with E-state index < -0.39 is 8.07 Å². The number of ether oxygens (including phenoxy) is 1. The molecular weight excluding hydrogens is 204 g/mol. The van der Waals surface area contributed by atoms with Gasteiger partial charge in [0.25, 0.3) is 0 Å². The Kier molecular flexibility index (Phi) is 3.58. The van der Waals surface area contributed by atoms with Crippen molar-refractivity contribution in [3.63, 3.8) is 0 Å². The highest BCUT2D eigenvalue weighted by atomic mass is 28.3. The highest BCUT2D eigenvalue weighted by molar-refractivity contribution is 6.82. The SMILES string of the molecule is COc1ccccc1/C=C(/O)[Si](C)(C)C. The van der Waals surface area contributed by atoms with Crippen LogP contribution in [0.5, 0.6) is 5.75 Å². The van der Waals surface area contributed by atoms with Crippen molar-refractivity contribution in [3.8, 4) is 5.75 Å². The maximum atomic E-state index is 9.93. The first-order valence-corrected chi connectivity index (χ1v) is 8.49. The zero-order valence-electron chi connectivity index (χ0n) is 9.74. The van der Waals surface area contributed by atoms with E-state index in [0.29, 0.717) is 5.38 Å². The molecule has 1 aromatic rings. The number of aliphatic hydroxyl groups is 1. The van der Waals surface area contributed by atoms with Gasteiger partial charge >= 0.3 is 0 Å². The third-order valence-electron chi connectivity index (χ3n) is 2.20. The molecule has 0 aliphatic rings. The van der Waals surface area contributed by atoms with Gasteiger partial charge in [-0.1, -0.05) is 37.8 Å². The van der Waals surface area contributed by atoms with Gasteiger partial charge < -0.3 is 9.84 Å². The van der Waals surface area contributed by atoms with Crippen LogP contribution < -0.4 is 4.74 Å². The van der Waals surface area contributed by atoms with Crippen molar-refractivity contribution in [2.45, 2.75) is 19.6 Å². The molecule has 82 valence electrons. The van der Waals surface area contributed by atoms with Gasteiger partial charge in [0.2, 0.25) is 0 Å². The average molecular weight is 222 g/mol. The topological polar surface area (TPSA) is 29.5 Å². The molecule has 1 aromatic carbocycles. The molecule has 1 N–H and O–H groups in total. The summed E-state index contributed by atoms with van der Waals surface area (Å²) in [5, 5.41) is 10.4. The van der Waals surface area contributed by atoms with Gasteiger partial charge in [0.05, 0.1) is 12.5 Å². The second-order valence-corrected chi connectivity index (χ2v) is 9.53. The summed E-state index contributed by atoms with van der Waals surface area (Å²) in [5.74, 6) is 0.794. The molecule has 3 heteroatoms. The van der Waals surface area contributed by atoms with Crippen LogP contribution in [0.2, 0.25) is 19.6 Å². The molecule has 0 bridgehead atoms. The number of rotatable bonds is 3. The maximum absolute atomic E-state index is 9.93. The van der Waals surface area contributed by atoms with E-state index in [1.165, 1.54) is 0 Å². The molecule has 0 spiro atoms. The molecule has 0 radical (unpaired) electrons. The normalized spacial score (nSPS) is 12.7. The fourth-order valence-corrected chi connectivity index (χ4v) is 1.74. The molecule has 0 amide bonds. The molecule has 1 rings (SSSR count). The predicted molar refractivity (Wildman–Crippen MR) is 66.9 cm³/mol. The lowest BCUT2D eigenvalue weighted by Crippen LogP contribution is -2.23. The van der Waals surface area contributed by atoms with Crippen LogP contribution in [0.3, 0.4) is 0 Å². The van der Waals surface area contributed by atoms with Crippen molar-refractivity contribution >= 4 is 14.1 Å².